The first-order valence-electron chi connectivity index (χ1n) is 7.20. The first-order valence-corrected chi connectivity index (χ1v) is 8.08. The van der Waals surface area contributed by atoms with Crippen LogP contribution < -0.4 is 5.32 Å². The zero-order valence-electron chi connectivity index (χ0n) is 11.7. The molecule has 0 saturated heterocycles. The molecule has 1 aliphatic rings. The van der Waals surface area contributed by atoms with Crippen molar-refractivity contribution < 1.29 is 5.11 Å². The first kappa shape index (κ1) is 13.8. The summed E-state index contributed by atoms with van der Waals surface area (Å²) in [7, 11) is 0. The third-order valence-electron chi connectivity index (χ3n) is 4.24. The Balaban J connectivity index is 1.84. The average molecular weight is 291 g/mol. The molecule has 1 aliphatic carbocycles. The van der Waals surface area contributed by atoms with Gasteiger partial charge in [0.05, 0.1) is 11.5 Å². The lowest BCUT2D eigenvalue weighted by Crippen LogP contribution is -2.46. The molecule has 2 aromatic rings. The van der Waals surface area contributed by atoms with Crippen molar-refractivity contribution in [2.45, 2.75) is 37.8 Å². The third kappa shape index (κ3) is 2.41. The molecule has 0 radical (unpaired) electrons. The molecule has 108 valence electrons. The van der Waals surface area contributed by atoms with Gasteiger partial charge in [0.25, 0.3) is 0 Å². The van der Waals surface area contributed by atoms with Gasteiger partial charge >= 0.3 is 0 Å². The van der Waals surface area contributed by atoms with Gasteiger partial charge in [-0.05, 0) is 37.3 Å². The van der Waals surface area contributed by atoms with E-state index in [2.05, 4.69) is 45.5 Å². The highest BCUT2D eigenvalue weighted by Gasteiger charge is 2.39. The summed E-state index contributed by atoms with van der Waals surface area (Å²) in [5, 5.41) is 15.3. The molecule has 5 heteroatoms. The van der Waals surface area contributed by atoms with Gasteiger partial charge in [0.15, 0.2) is 0 Å². The van der Waals surface area contributed by atoms with E-state index < -0.39 is 0 Å². The quantitative estimate of drug-likeness (QED) is 0.890. The second-order valence-electron chi connectivity index (χ2n) is 5.50. The van der Waals surface area contributed by atoms with Crippen LogP contribution in [-0.2, 0) is 0 Å². The minimum atomic E-state index is -0.115. The van der Waals surface area contributed by atoms with Crippen molar-refractivity contribution in [3.05, 3.63) is 29.9 Å². The molecule has 2 heterocycles. The highest BCUT2D eigenvalue weighted by molar-refractivity contribution is 7.13. The van der Waals surface area contributed by atoms with E-state index >= 15 is 0 Å². The standard InChI is InChI=1S/C15H21N3OS/c1-2-17-15(11-19)6-5-12(10-15)18-8-7-16-14(18)13-4-3-9-20-13/h3-4,7-9,12,17,19H,2,5-6,10-11H2,1H3. The van der Waals surface area contributed by atoms with Crippen LogP contribution >= 0.6 is 11.3 Å². The molecule has 4 nitrogen and oxygen atoms in total. The van der Waals surface area contributed by atoms with Gasteiger partial charge in [0, 0.05) is 24.0 Å². The van der Waals surface area contributed by atoms with E-state index in [1.807, 2.05) is 6.20 Å². The van der Waals surface area contributed by atoms with Gasteiger partial charge in [0.1, 0.15) is 5.82 Å². The Morgan fingerprint density at radius 2 is 2.50 bits per heavy atom. The minimum absolute atomic E-state index is 0.115. The number of aliphatic hydroxyl groups is 1. The summed E-state index contributed by atoms with van der Waals surface area (Å²) >= 11 is 1.72. The molecule has 2 aromatic heterocycles. The second-order valence-corrected chi connectivity index (χ2v) is 6.45. The molecule has 20 heavy (non-hydrogen) atoms. The summed E-state index contributed by atoms with van der Waals surface area (Å²) < 4.78 is 2.28. The van der Waals surface area contributed by atoms with Crippen molar-refractivity contribution in [2.24, 2.45) is 0 Å². The van der Waals surface area contributed by atoms with E-state index in [-0.39, 0.29) is 12.1 Å². The van der Waals surface area contributed by atoms with Crippen molar-refractivity contribution in [1.29, 1.82) is 0 Å². The van der Waals surface area contributed by atoms with E-state index in [1.54, 1.807) is 11.3 Å². The highest BCUT2D eigenvalue weighted by atomic mass is 32.1. The average Bonchev–Trinajstić information content (AvgIpc) is 3.19. The summed E-state index contributed by atoms with van der Waals surface area (Å²) in [5.41, 5.74) is -0.115. The molecule has 0 aromatic carbocycles. The van der Waals surface area contributed by atoms with Gasteiger partial charge in [-0.15, -0.1) is 11.3 Å². The molecule has 0 bridgehead atoms. The first-order chi connectivity index (χ1) is 9.78. The molecule has 2 unspecified atom stereocenters. The van der Waals surface area contributed by atoms with Crippen LogP contribution in [0, 0.1) is 0 Å². The summed E-state index contributed by atoms with van der Waals surface area (Å²) in [6.45, 7) is 3.20. The largest absolute Gasteiger partial charge is 0.394 e. The third-order valence-corrected chi connectivity index (χ3v) is 5.11. The summed E-state index contributed by atoms with van der Waals surface area (Å²) in [4.78, 5) is 5.72. The smallest absolute Gasteiger partial charge is 0.150 e. The molecule has 0 spiro atoms. The van der Waals surface area contributed by atoms with Gasteiger partial charge in [-0.3, -0.25) is 0 Å². The zero-order valence-corrected chi connectivity index (χ0v) is 12.6. The number of aromatic nitrogens is 2. The Bertz CT molecular complexity index is 551. The fourth-order valence-electron chi connectivity index (χ4n) is 3.27. The number of nitrogens with zero attached hydrogens (tertiary/aromatic N) is 2. The number of hydrogen-bond donors (Lipinski definition) is 2. The van der Waals surface area contributed by atoms with Crippen LogP contribution in [0.2, 0.25) is 0 Å². The van der Waals surface area contributed by atoms with E-state index in [4.69, 9.17) is 0 Å². The predicted molar refractivity (Wildman–Crippen MR) is 81.9 cm³/mol. The lowest BCUT2D eigenvalue weighted by molar-refractivity contribution is 0.163. The van der Waals surface area contributed by atoms with Crippen LogP contribution in [0.4, 0.5) is 0 Å². The molecular formula is C15H21N3OS. The molecule has 1 fully saturated rings. The summed E-state index contributed by atoms with van der Waals surface area (Å²) in [5.74, 6) is 1.05. The van der Waals surface area contributed by atoms with Crippen LogP contribution in [0.3, 0.4) is 0 Å². The Labute approximate surface area is 123 Å². The van der Waals surface area contributed by atoms with E-state index in [9.17, 15) is 5.11 Å². The molecule has 0 aliphatic heterocycles. The fourth-order valence-corrected chi connectivity index (χ4v) is 4.00. The maximum Gasteiger partial charge on any atom is 0.150 e. The van der Waals surface area contributed by atoms with Crippen molar-refractivity contribution in [3.63, 3.8) is 0 Å². The van der Waals surface area contributed by atoms with Crippen LogP contribution in [0.1, 0.15) is 32.2 Å². The highest BCUT2D eigenvalue weighted by Crippen LogP contribution is 2.39. The molecule has 2 atom stereocenters. The van der Waals surface area contributed by atoms with Gasteiger partial charge in [-0.2, -0.15) is 0 Å². The van der Waals surface area contributed by atoms with Crippen LogP contribution in [0.5, 0.6) is 0 Å². The fraction of sp³-hybridized carbons (Fsp3) is 0.533. The maximum atomic E-state index is 9.73. The topological polar surface area (TPSA) is 50.1 Å². The number of likely N-dealkylation sites (N-methyl/N-ethyl adjacent to an activating group) is 1. The Kier molecular flexibility index (Phi) is 3.92. The van der Waals surface area contributed by atoms with Crippen molar-refractivity contribution in [3.8, 4) is 10.7 Å². The Hall–Kier alpha value is -1.17. The van der Waals surface area contributed by atoms with Crippen molar-refractivity contribution in [1.82, 2.24) is 14.9 Å². The lowest BCUT2D eigenvalue weighted by Gasteiger charge is -2.28. The zero-order chi connectivity index (χ0) is 14.0. The number of hydrogen-bond acceptors (Lipinski definition) is 4. The second kappa shape index (κ2) is 5.68. The molecule has 0 amide bonds. The van der Waals surface area contributed by atoms with E-state index in [0.717, 1.165) is 31.6 Å². The van der Waals surface area contributed by atoms with Crippen molar-refractivity contribution >= 4 is 11.3 Å². The lowest BCUT2D eigenvalue weighted by atomic mass is 9.98. The summed E-state index contributed by atoms with van der Waals surface area (Å²) in [6.07, 6.45) is 7.01. The minimum Gasteiger partial charge on any atom is -0.394 e. The number of rotatable bonds is 5. The number of imidazole rings is 1. The Morgan fingerprint density at radius 3 is 3.20 bits per heavy atom. The van der Waals surface area contributed by atoms with Crippen molar-refractivity contribution in [2.75, 3.05) is 13.2 Å². The SMILES string of the molecule is CCNC1(CO)CCC(n2ccnc2-c2cccs2)C1. The normalized spacial score (nSPS) is 26.2. The Morgan fingerprint density at radius 1 is 1.60 bits per heavy atom. The van der Waals surface area contributed by atoms with E-state index in [1.165, 1.54) is 4.88 Å². The molecular weight excluding hydrogens is 270 g/mol. The van der Waals surface area contributed by atoms with Gasteiger partial charge in [0.2, 0.25) is 0 Å². The molecule has 3 rings (SSSR count). The monoisotopic (exact) mass is 291 g/mol. The molecule has 2 N–H and O–H groups in total. The van der Waals surface area contributed by atoms with E-state index in [0.29, 0.717) is 6.04 Å². The predicted octanol–water partition coefficient (Wildman–Crippen LogP) is 2.68. The van der Waals surface area contributed by atoms with Crippen LogP contribution in [-0.4, -0.2) is 33.3 Å². The van der Waals surface area contributed by atoms with Gasteiger partial charge in [-0.1, -0.05) is 13.0 Å². The maximum absolute atomic E-state index is 9.73. The van der Waals surface area contributed by atoms with Crippen LogP contribution in [0.15, 0.2) is 29.9 Å². The van der Waals surface area contributed by atoms with Gasteiger partial charge < -0.3 is 15.0 Å². The van der Waals surface area contributed by atoms with Crippen LogP contribution in [0.25, 0.3) is 10.7 Å². The number of aliphatic hydroxyl groups excluding tert-OH is 1. The molecule has 1 saturated carbocycles. The van der Waals surface area contributed by atoms with Gasteiger partial charge in [-0.25, -0.2) is 4.98 Å². The number of thiophene rings is 1. The summed E-state index contributed by atoms with van der Waals surface area (Å²) in [6, 6.07) is 4.59. The number of nitrogens with one attached hydrogen (secondary N) is 1.